The van der Waals surface area contributed by atoms with E-state index in [1.165, 1.54) is 16.7 Å². The van der Waals surface area contributed by atoms with Crippen molar-refractivity contribution in [3.8, 4) is 0 Å². The highest BCUT2D eigenvalue weighted by molar-refractivity contribution is 6.34. The first-order chi connectivity index (χ1) is 10.5. The summed E-state index contributed by atoms with van der Waals surface area (Å²) in [5.41, 5.74) is 8.91. The molecule has 5 heteroatoms. The Bertz CT molecular complexity index is 557. The topological polar surface area (TPSA) is 75.4 Å². The molecule has 1 aliphatic heterocycles. The van der Waals surface area contributed by atoms with Crippen LogP contribution in [0.4, 0.5) is 0 Å². The Hall–Kier alpha value is -1.88. The SMILES string of the molecule is Cc1ccc(C)c(CN2CCC[C@H](CNC(=O)C(N)=O)C2)c1. The van der Waals surface area contributed by atoms with Crippen molar-refractivity contribution >= 4 is 11.8 Å². The summed E-state index contributed by atoms with van der Waals surface area (Å²) >= 11 is 0. The number of benzene rings is 1. The first kappa shape index (κ1) is 16.5. The van der Waals surface area contributed by atoms with E-state index >= 15 is 0 Å². The molecule has 22 heavy (non-hydrogen) atoms. The lowest BCUT2D eigenvalue weighted by molar-refractivity contribution is -0.137. The van der Waals surface area contributed by atoms with Crippen LogP contribution in [0.1, 0.15) is 29.5 Å². The summed E-state index contributed by atoms with van der Waals surface area (Å²) < 4.78 is 0. The van der Waals surface area contributed by atoms with Crippen LogP contribution in [0.15, 0.2) is 18.2 Å². The van der Waals surface area contributed by atoms with Crippen molar-refractivity contribution in [3.05, 3.63) is 34.9 Å². The van der Waals surface area contributed by atoms with E-state index in [0.717, 1.165) is 32.5 Å². The molecule has 0 aliphatic carbocycles. The van der Waals surface area contributed by atoms with Gasteiger partial charge in [-0.1, -0.05) is 23.8 Å². The maximum Gasteiger partial charge on any atom is 0.309 e. The molecule has 5 nitrogen and oxygen atoms in total. The number of nitrogens with one attached hydrogen (secondary N) is 1. The van der Waals surface area contributed by atoms with Gasteiger partial charge in [0.05, 0.1) is 0 Å². The van der Waals surface area contributed by atoms with E-state index < -0.39 is 11.8 Å². The van der Waals surface area contributed by atoms with Gasteiger partial charge in [-0.15, -0.1) is 0 Å². The lowest BCUT2D eigenvalue weighted by Crippen LogP contribution is -2.43. The molecule has 2 amide bonds. The van der Waals surface area contributed by atoms with Crippen molar-refractivity contribution in [2.45, 2.75) is 33.2 Å². The fourth-order valence-electron chi connectivity index (χ4n) is 3.00. The first-order valence-electron chi connectivity index (χ1n) is 7.82. The number of hydrogen-bond acceptors (Lipinski definition) is 3. The van der Waals surface area contributed by atoms with Gasteiger partial charge in [0, 0.05) is 19.6 Å². The second-order valence-electron chi connectivity index (χ2n) is 6.25. The molecule has 2 rings (SSSR count). The van der Waals surface area contributed by atoms with E-state index in [-0.39, 0.29) is 0 Å². The lowest BCUT2D eigenvalue weighted by Gasteiger charge is -2.33. The van der Waals surface area contributed by atoms with Gasteiger partial charge in [0.2, 0.25) is 0 Å². The number of carbonyl (C=O) groups is 2. The van der Waals surface area contributed by atoms with Crippen LogP contribution in [0, 0.1) is 19.8 Å². The minimum atomic E-state index is -0.914. The smallest absolute Gasteiger partial charge is 0.309 e. The number of rotatable bonds is 4. The molecule has 1 saturated heterocycles. The van der Waals surface area contributed by atoms with Crippen LogP contribution in [0.25, 0.3) is 0 Å². The monoisotopic (exact) mass is 303 g/mol. The third kappa shape index (κ3) is 4.56. The van der Waals surface area contributed by atoms with E-state index in [9.17, 15) is 9.59 Å². The Balaban J connectivity index is 1.89. The highest BCUT2D eigenvalue weighted by Crippen LogP contribution is 2.20. The third-order valence-corrected chi connectivity index (χ3v) is 4.28. The van der Waals surface area contributed by atoms with Crippen LogP contribution in [0.5, 0.6) is 0 Å². The Kier molecular flexibility index (Phi) is 5.55. The summed E-state index contributed by atoms with van der Waals surface area (Å²) in [5.74, 6) is -1.23. The molecule has 1 aromatic rings. The highest BCUT2D eigenvalue weighted by Gasteiger charge is 2.21. The molecule has 0 bridgehead atoms. The Morgan fingerprint density at radius 1 is 1.36 bits per heavy atom. The van der Waals surface area contributed by atoms with Gasteiger partial charge < -0.3 is 11.1 Å². The molecular formula is C17H25N3O2. The average Bonchev–Trinajstić information content (AvgIpc) is 2.49. The van der Waals surface area contributed by atoms with Crippen LogP contribution in [-0.4, -0.2) is 36.3 Å². The van der Waals surface area contributed by atoms with Crippen molar-refractivity contribution in [1.29, 1.82) is 0 Å². The number of likely N-dealkylation sites (tertiary alicyclic amines) is 1. The second-order valence-corrected chi connectivity index (χ2v) is 6.25. The number of primary amides is 1. The van der Waals surface area contributed by atoms with Gasteiger partial charge in [-0.25, -0.2) is 0 Å². The summed E-state index contributed by atoms with van der Waals surface area (Å²) in [6.07, 6.45) is 2.18. The molecule has 120 valence electrons. The number of piperidine rings is 1. The summed E-state index contributed by atoms with van der Waals surface area (Å²) in [6, 6.07) is 6.55. The maximum atomic E-state index is 11.2. The average molecular weight is 303 g/mol. The predicted octanol–water partition coefficient (Wildman–Crippen LogP) is 1.12. The van der Waals surface area contributed by atoms with Crippen LogP contribution in [0.2, 0.25) is 0 Å². The molecule has 0 saturated carbocycles. The Morgan fingerprint density at radius 3 is 2.86 bits per heavy atom. The van der Waals surface area contributed by atoms with E-state index in [2.05, 4.69) is 42.3 Å². The van der Waals surface area contributed by atoms with Crippen molar-refractivity contribution in [2.24, 2.45) is 11.7 Å². The first-order valence-corrected chi connectivity index (χ1v) is 7.82. The predicted molar refractivity (Wildman–Crippen MR) is 86.1 cm³/mol. The van der Waals surface area contributed by atoms with Crippen molar-refractivity contribution in [1.82, 2.24) is 10.2 Å². The zero-order valence-corrected chi connectivity index (χ0v) is 13.4. The van der Waals surface area contributed by atoms with Crippen LogP contribution >= 0.6 is 0 Å². The number of amides is 2. The number of hydrogen-bond donors (Lipinski definition) is 2. The molecule has 1 fully saturated rings. The lowest BCUT2D eigenvalue weighted by atomic mass is 9.96. The summed E-state index contributed by atoms with van der Waals surface area (Å²) in [7, 11) is 0. The van der Waals surface area contributed by atoms with Gasteiger partial charge >= 0.3 is 11.8 Å². The van der Waals surface area contributed by atoms with E-state index in [4.69, 9.17) is 5.73 Å². The number of nitrogens with zero attached hydrogens (tertiary/aromatic N) is 1. The zero-order chi connectivity index (χ0) is 16.1. The molecule has 0 radical (unpaired) electrons. The van der Waals surface area contributed by atoms with Crippen molar-refractivity contribution < 1.29 is 9.59 Å². The molecule has 0 spiro atoms. The van der Waals surface area contributed by atoms with Gasteiger partial charge in [0.15, 0.2) is 0 Å². The summed E-state index contributed by atoms with van der Waals surface area (Å²) in [6.45, 7) is 7.73. The van der Waals surface area contributed by atoms with Gasteiger partial charge in [0.25, 0.3) is 0 Å². The molecule has 0 aromatic heterocycles. The molecule has 1 atom stereocenters. The van der Waals surface area contributed by atoms with E-state index in [1.54, 1.807) is 0 Å². The van der Waals surface area contributed by atoms with E-state index in [0.29, 0.717) is 12.5 Å². The van der Waals surface area contributed by atoms with Crippen LogP contribution in [-0.2, 0) is 16.1 Å². The normalized spacial score (nSPS) is 18.9. The maximum absolute atomic E-state index is 11.2. The quantitative estimate of drug-likeness (QED) is 0.818. The molecule has 1 aliphatic rings. The largest absolute Gasteiger partial charge is 0.361 e. The highest BCUT2D eigenvalue weighted by atomic mass is 16.2. The third-order valence-electron chi connectivity index (χ3n) is 4.28. The molecule has 0 unspecified atom stereocenters. The summed E-state index contributed by atoms with van der Waals surface area (Å²) in [4.78, 5) is 24.4. The zero-order valence-electron chi connectivity index (χ0n) is 13.4. The van der Waals surface area contributed by atoms with Crippen molar-refractivity contribution in [3.63, 3.8) is 0 Å². The minimum Gasteiger partial charge on any atom is -0.361 e. The second kappa shape index (κ2) is 7.40. The molecule has 1 heterocycles. The molecule has 1 aromatic carbocycles. The Morgan fingerprint density at radius 2 is 2.14 bits per heavy atom. The van der Waals surface area contributed by atoms with Crippen LogP contribution in [0.3, 0.4) is 0 Å². The van der Waals surface area contributed by atoms with Gasteiger partial charge in [0.1, 0.15) is 0 Å². The van der Waals surface area contributed by atoms with Gasteiger partial charge in [-0.2, -0.15) is 0 Å². The fourth-order valence-corrected chi connectivity index (χ4v) is 3.00. The Labute approximate surface area is 131 Å². The van der Waals surface area contributed by atoms with Gasteiger partial charge in [-0.05, 0) is 50.3 Å². The number of nitrogens with two attached hydrogens (primary N) is 1. The molecule has 3 N–H and O–H groups in total. The number of carbonyl (C=O) groups excluding carboxylic acids is 2. The standard InChI is InChI=1S/C17H25N3O2/c1-12-5-6-13(2)15(8-12)11-20-7-3-4-14(10-20)9-19-17(22)16(18)21/h5-6,8,14H,3-4,7,9-11H2,1-2H3,(H2,18,21)(H,19,22)/t14-/m1/s1. The fraction of sp³-hybridized carbons (Fsp3) is 0.529. The minimum absolute atomic E-state index is 0.377. The summed E-state index contributed by atoms with van der Waals surface area (Å²) in [5, 5.41) is 2.62. The van der Waals surface area contributed by atoms with Gasteiger partial charge in [-0.3, -0.25) is 14.5 Å². The van der Waals surface area contributed by atoms with E-state index in [1.807, 2.05) is 0 Å². The van der Waals surface area contributed by atoms with Crippen molar-refractivity contribution in [2.75, 3.05) is 19.6 Å². The van der Waals surface area contributed by atoms with Crippen LogP contribution < -0.4 is 11.1 Å². The molecular weight excluding hydrogens is 278 g/mol. The number of aryl methyl sites for hydroxylation is 2.